The van der Waals surface area contributed by atoms with Crippen molar-refractivity contribution in [2.45, 2.75) is 13.8 Å². The largest absolute Gasteiger partial charge is 0.481 e. The maximum absolute atomic E-state index is 9.00. The molecule has 8 heavy (non-hydrogen) atoms. The second-order valence-electron chi connectivity index (χ2n) is 0.927. The normalized spacial score (nSPS) is 5.38. The third-order valence-electron chi connectivity index (χ3n) is 0. The van der Waals surface area contributed by atoms with Crippen molar-refractivity contribution in [3.05, 3.63) is 0 Å². The molecule has 0 atom stereocenters. The summed E-state index contributed by atoms with van der Waals surface area (Å²) in [7, 11) is 0. The fourth-order valence-electron chi connectivity index (χ4n) is 0. The van der Waals surface area contributed by atoms with E-state index in [1.54, 1.807) is 0 Å². The van der Waals surface area contributed by atoms with Gasteiger partial charge in [0.25, 0.3) is 5.97 Å². The van der Waals surface area contributed by atoms with Crippen LogP contribution in [0.5, 0.6) is 0 Å². The Morgan fingerprint density at radius 2 is 1.75 bits per heavy atom. The van der Waals surface area contributed by atoms with E-state index in [0.717, 1.165) is 13.5 Å². The number of hydrogen-bond acceptors (Lipinski definition) is 2. The third kappa shape index (κ3) is 57100. The van der Waals surface area contributed by atoms with E-state index in [2.05, 4.69) is 0 Å². The Morgan fingerprint density at radius 1 is 1.75 bits per heavy atom. The van der Waals surface area contributed by atoms with Gasteiger partial charge in [-0.3, -0.25) is 4.79 Å². The molecule has 1 radical (unpaired) electrons. The molecule has 4 heteroatoms. The molecule has 0 amide bonds. The molecule has 0 saturated carbocycles. The van der Waals surface area contributed by atoms with Gasteiger partial charge in [-0.25, -0.2) is 0 Å². The van der Waals surface area contributed by atoms with Crippen LogP contribution in [0.1, 0.15) is 13.8 Å². The summed E-state index contributed by atoms with van der Waals surface area (Å²) in [5, 5.41) is 7.42. The Morgan fingerprint density at radius 3 is 1.75 bits per heavy atom. The van der Waals surface area contributed by atoms with E-state index in [1.165, 1.54) is 0 Å². The summed E-state index contributed by atoms with van der Waals surface area (Å²) in [5.41, 5.74) is 4.85. The van der Waals surface area contributed by atoms with Gasteiger partial charge in [-0.05, 0) is 6.54 Å². The predicted octanol–water partition coefficient (Wildman–Crippen LogP) is 0.0534. The summed E-state index contributed by atoms with van der Waals surface area (Å²) in [5.74, 6) is -0.833. The zero-order valence-corrected chi connectivity index (χ0v) is 5.88. The van der Waals surface area contributed by atoms with E-state index < -0.39 is 5.97 Å². The molecule has 55 valence electrons. The van der Waals surface area contributed by atoms with Gasteiger partial charge in [-0.15, -0.1) is 0 Å². The van der Waals surface area contributed by atoms with E-state index in [9.17, 15) is 0 Å². The summed E-state index contributed by atoms with van der Waals surface area (Å²) in [6.07, 6.45) is 0. The maximum Gasteiger partial charge on any atom is 0.300 e. The molecule has 0 aromatic carbocycles. The van der Waals surface area contributed by atoms with Gasteiger partial charge in [0.15, 0.2) is 0 Å². The minimum absolute atomic E-state index is 0. The van der Waals surface area contributed by atoms with Gasteiger partial charge in [0.05, 0.1) is 0 Å². The predicted molar refractivity (Wildman–Crippen MR) is 28.0 cm³/mol. The van der Waals surface area contributed by atoms with Crippen LogP contribution in [0.2, 0.25) is 0 Å². The first-order chi connectivity index (χ1) is 3.15. The van der Waals surface area contributed by atoms with Gasteiger partial charge >= 0.3 is 0 Å². The van der Waals surface area contributed by atoms with Crippen molar-refractivity contribution in [2.75, 3.05) is 6.54 Å². The smallest absolute Gasteiger partial charge is 0.300 e. The van der Waals surface area contributed by atoms with Crippen molar-refractivity contribution in [2.24, 2.45) is 5.73 Å². The van der Waals surface area contributed by atoms with Gasteiger partial charge in [0, 0.05) is 24.0 Å². The average molecular weight is 169 g/mol. The molecule has 0 heterocycles. The van der Waals surface area contributed by atoms with E-state index in [-0.39, 0.29) is 17.1 Å². The molecule has 0 rings (SSSR count). The van der Waals surface area contributed by atoms with Crippen LogP contribution >= 0.6 is 0 Å². The van der Waals surface area contributed by atoms with Crippen LogP contribution in [0.15, 0.2) is 0 Å². The molecule has 3 N–H and O–H groups in total. The molecular weight excluding hydrogens is 158 g/mol. The summed E-state index contributed by atoms with van der Waals surface area (Å²) in [6.45, 7) is 3.74. The van der Waals surface area contributed by atoms with E-state index >= 15 is 0 Å². The topological polar surface area (TPSA) is 63.3 Å². The first-order valence-electron chi connectivity index (χ1n) is 2.04. The number of rotatable bonds is 0. The first kappa shape index (κ1) is 15.7. The van der Waals surface area contributed by atoms with Crippen LogP contribution in [0.25, 0.3) is 0 Å². The summed E-state index contributed by atoms with van der Waals surface area (Å²) in [6, 6.07) is 0. The SMILES string of the molecule is CC(=O)O.CCN.[Cu]. The van der Waals surface area contributed by atoms with Gasteiger partial charge in [0.2, 0.25) is 0 Å². The summed E-state index contributed by atoms with van der Waals surface area (Å²) >= 11 is 0. The number of carbonyl (C=O) groups is 1. The first-order valence-corrected chi connectivity index (χ1v) is 2.04. The molecule has 0 saturated heterocycles. The second kappa shape index (κ2) is 15.8. The van der Waals surface area contributed by atoms with Crippen LogP contribution < -0.4 is 5.73 Å². The summed E-state index contributed by atoms with van der Waals surface area (Å²) < 4.78 is 0. The second-order valence-corrected chi connectivity index (χ2v) is 0.927. The molecule has 3 nitrogen and oxygen atoms in total. The van der Waals surface area contributed by atoms with Crippen molar-refractivity contribution < 1.29 is 27.0 Å². The minimum atomic E-state index is -0.833. The van der Waals surface area contributed by atoms with Crippen molar-refractivity contribution >= 4 is 5.97 Å². The van der Waals surface area contributed by atoms with Crippen LogP contribution in [0.4, 0.5) is 0 Å². The molecular formula is C4H11CuNO2. The maximum atomic E-state index is 9.00. The Hall–Kier alpha value is -0.0505. The zero-order chi connectivity index (χ0) is 6.28. The molecule has 0 fully saturated rings. The van der Waals surface area contributed by atoms with Crippen LogP contribution in [0.3, 0.4) is 0 Å². The minimum Gasteiger partial charge on any atom is -0.481 e. The van der Waals surface area contributed by atoms with Crippen LogP contribution in [0, 0.1) is 0 Å². The molecule has 0 aliphatic heterocycles. The van der Waals surface area contributed by atoms with Gasteiger partial charge < -0.3 is 10.8 Å². The molecule has 0 aromatic rings. The third-order valence-corrected chi connectivity index (χ3v) is 0. The molecule has 0 aliphatic carbocycles. The van der Waals surface area contributed by atoms with Crippen LogP contribution in [-0.4, -0.2) is 17.6 Å². The number of carboxylic acids is 1. The fourth-order valence-corrected chi connectivity index (χ4v) is 0. The van der Waals surface area contributed by atoms with Gasteiger partial charge in [-0.2, -0.15) is 0 Å². The number of hydrogen-bond donors (Lipinski definition) is 2. The quantitative estimate of drug-likeness (QED) is 0.503. The van der Waals surface area contributed by atoms with Crippen molar-refractivity contribution in [3.8, 4) is 0 Å². The van der Waals surface area contributed by atoms with Crippen molar-refractivity contribution in [1.29, 1.82) is 0 Å². The Balaban J connectivity index is -0.0000000575. The Bertz CT molecular complexity index is 45.3. The fraction of sp³-hybridized carbons (Fsp3) is 0.750. The van der Waals surface area contributed by atoms with E-state index in [0.29, 0.717) is 0 Å². The monoisotopic (exact) mass is 168 g/mol. The van der Waals surface area contributed by atoms with Crippen molar-refractivity contribution in [3.63, 3.8) is 0 Å². The number of aliphatic carboxylic acids is 1. The molecule has 0 aromatic heterocycles. The van der Waals surface area contributed by atoms with Crippen LogP contribution in [-0.2, 0) is 21.9 Å². The number of nitrogens with two attached hydrogens (primary N) is 1. The number of carboxylic acid groups (broad SMARTS) is 1. The molecule has 0 unspecified atom stereocenters. The Labute approximate surface area is 59.7 Å². The standard InChI is InChI=1S/C2H7N.C2H4O2.Cu/c1-2-3;1-2(3)4;/h2-3H2,1H3;1H3,(H,3,4);. The van der Waals surface area contributed by atoms with E-state index in [4.69, 9.17) is 15.6 Å². The van der Waals surface area contributed by atoms with Gasteiger partial charge in [-0.1, -0.05) is 6.92 Å². The average Bonchev–Trinajstić information content (AvgIpc) is 1.33. The van der Waals surface area contributed by atoms with Crippen molar-refractivity contribution in [1.82, 2.24) is 0 Å². The molecule has 0 bridgehead atoms. The molecule has 0 aliphatic rings. The van der Waals surface area contributed by atoms with Gasteiger partial charge in [0.1, 0.15) is 0 Å². The molecule has 0 spiro atoms. The summed E-state index contributed by atoms with van der Waals surface area (Å²) in [4.78, 5) is 9.00. The zero-order valence-electron chi connectivity index (χ0n) is 4.94. The Kier molecular flexibility index (Phi) is 30.9. The van der Waals surface area contributed by atoms with E-state index in [1.807, 2.05) is 6.92 Å².